The number of carbonyl (C=O) groups excluding carboxylic acids is 5. The van der Waals surface area contributed by atoms with Gasteiger partial charge in [-0.25, -0.2) is 23.1 Å². The highest BCUT2D eigenvalue weighted by Gasteiger charge is 2.46. The highest BCUT2D eigenvalue weighted by Crippen LogP contribution is 2.34. The summed E-state index contributed by atoms with van der Waals surface area (Å²) in [5, 5.41) is 8.27. The van der Waals surface area contributed by atoms with Gasteiger partial charge < -0.3 is 29.6 Å². The van der Waals surface area contributed by atoms with E-state index >= 15 is 0 Å². The molecule has 5 amide bonds. The van der Waals surface area contributed by atoms with Crippen LogP contribution in [0.4, 0.5) is 11.6 Å². The molecule has 4 aromatic carbocycles. The lowest BCUT2D eigenvalue weighted by molar-refractivity contribution is -0.136. The SMILES string of the molecule is O=C(COc1cccc2c1C(=O)N(C1CCC(=O)NC1=O)C2=O)NCCOCCOCCOCCNS(=O)(=O)c1ccc(Nc2ncc(Cl)c(-c3cccc(-c4ccccc4)c3)n2)cc1. The van der Waals surface area contributed by atoms with E-state index < -0.39 is 52.2 Å². The largest absolute Gasteiger partial charge is 0.483 e. The van der Waals surface area contributed by atoms with E-state index in [2.05, 4.69) is 30.6 Å². The summed E-state index contributed by atoms with van der Waals surface area (Å²) < 4.78 is 50.3. The smallest absolute Gasteiger partial charge is 0.266 e. The van der Waals surface area contributed by atoms with Crippen LogP contribution in [-0.4, -0.2) is 118 Å². The van der Waals surface area contributed by atoms with Crippen LogP contribution in [0.1, 0.15) is 33.6 Å². The van der Waals surface area contributed by atoms with E-state index in [0.29, 0.717) is 22.4 Å². The van der Waals surface area contributed by atoms with Crippen molar-refractivity contribution in [2.75, 3.05) is 64.7 Å². The summed E-state index contributed by atoms with van der Waals surface area (Å²) in [4.78, 5) is 72.2. The third-order valence-electron chi connectivity index (χ3n) is 10.0. The zero-order chi connectivity index (χ0) is 45.8. The van der Waals surface area contributed by atoms with E-state index in [4.69, 9.17) is 30.5 Å². The molecule has 2 aliphatic heterocycles. The minimum atomic E-state index is -3.81. The molecule has 20 heteroatoms. The Morgan fingerprint density at radius 2 is 1.46 bits per heavy atom. The number of nitrogens with zero attached hydrogens (tertiary/aromatic N) is 3. The Kier molecular flexibility index (Phi) is 15.6. The molecule has 65 heavy (non-hydrogen) atoms. The highest BCUT2D eigenvalue weighted by atomic mass is 35.5. The number of halogens is 1. The maximum absolute atomic E-state index is 13.2. The van der Waals surface area contributed by atoms with Gasteiger partial charge in [0.1, 0.15) is 11.8 Å². The number of benzene rings is 4. The van der Waals surface area contributed by atoms with Gasteiger partial charge in [-0.1, -0.05) is 66.2 Å². The first-order chi connectivity index (χ1) is 31.5. The average molecular weight is 926 g/mol. The van der Waals surface area contributed by atoms with Crippen molar-refractivity contribution in [3.05, 3.63) is 119 Å². The Balaban J connectivity index is 0.731. The van der Waals surface area contributed by atoms with Gasteiger partial charge in [0, 0.05) is 30.8 Å². The van der Waals surface area contributed by atoms with Gasteiger partial charge >= 0.3 is 0 Å². The highest BCUT2D eigenvalue weighted by molar-refractivity contribution is 7.89. The van der Waals surface area contributed by atoms with Crippen molar-refractivity contribution < 1.29 is 51.3 Å². The summed E-state index contributed by atoms with van der Waals surface area (Å²) in [6.45, 7) is 1.05. The predicted octanol–water partition coefficient (Wildman–Crippen LogP) is 4.13. The maximum atomic E-state index is 13.2. The molecule has 2 aliphatic rings. The van der Waals surface area contributed by atoms with E-state index in [1.807, 2.05) is 54.6 Å². The Labute approximate surface area is 379 Å². The summed E-state index contributed by atoms with van der Waals surface area (Å²) in [6, 6.07) is 27.3. The molecule has 4 N–H and O–H groups in total. The van der Waals surface area contributed by atoms with Crippen LogP contribution in [0, 0.1) is 0 Å². The van der Waals surface area contributed by atoms with Crippen molar-refractivity contribution in [1.29, 1.82) is 0 Å². The van der Waals surface area contributed by atoms with Gasteiger partial charge in [-0.3, -0.25) is 34.2 Å². The molecule has 1 aromatic heterocycles. The molecule has 1 unspecified atom stereocenters. The van der Waals surface area contributed by atoms with Crippen molar-refractivity contribution in [3.8, 4) is 28.1 Å². The fourth-order valence-electron chi connectivity index (χ4n) is 6.89. The van der Waals surface area contributed by atoms with Gasteiger partial charge in [-0.05, 0) is 60.0 Å². The van der Waals surface area contributed by atoms with E-state index in [1.54, 1.807) is 12.1 Å². The third kappa shape index (κ3) is 11.9. The lowest BCUT2D eigenvalue weighted by Crippen LogP contribution is -2.54. The average Bonchev–Trinajstić information content (AvgIpc) is 3.56. The Bertz CT molecular complexity index is 2660. The fourth-order valence-corrected chi connectivity index (χ4v) is 8.10. The molecule has 3 heterocycles. The number of amides is 5. The molecular formula is C45H44ClN7O11S. The maximum Gasteiger partial charge on any atom is 0.266 e. The van der Waals surface area contributed by atoms with Gasteiger partial charge in [-0.2, -0.15) is 0 Å². The number of rotatable bonds is 22. The first kappa shape index (κ1) is 46.4. The van der Waals surface area contributed by atoms with Crippen LogP contribution in [0.5, 0.6) is 5.75 Å². The Hall–Kier alpha value is -6.61. The van der Waals surface area contributed by atoms with Gasteiger partial charge in [-0.15, -0.1) is 0 Å². The molecule has 0 saturated carbocycles. The second-order valence-electron chi connectivity index (χ2n) is 14.5. The monoisotopic (exact) mass is 925 g/mol. The molecule has 1 saturated heterocycles. The van der Waals surface area contributed by atoms with Gasteiger partial charge in [0.05, 0.1) is 72.6 Å². The number of nitrogens with one attached hydrogen (secondary N) is 4. The Morgan fingerprint density at radius 1 is 0.785 bits per heavy atom. The zero-order valence-corrected chi connectivity index (χ0v) is 36.4. The van der Waals surface area contributed by atoms with Gasteiger partial charge in [0.15, 0.2) is 6.61 Å². The molecule has 1 atom stereocenters. The number of anilines is 2. The molecule has 1 fully saturated rings. The standard InChI is InChI=1S/C45H44ClN7O11S/c46-35-27-48-45(52-41(35)31-9-4-8-30(26-31)29-6-2-1-3-7-29)50-32-12-14-33(15-13-32)65(59,60)49-19-21-62-23-25-63-24-22-61-20-18-47-39(55)28-64-37-11-5-10-34-40(37)44(58)53(43(34)57)36-16-17-38(54)51-42(36)56/h1-15,26-27,36,49H,16-25,28H2,(H,47,55)(H,48,50,52)(H,51,54,56). The van der Waals surface area contributed by atoms with Gasteiger partial charge in [0.25, 0.3) is 17.7 Å². The number of hydrogen-bond donors (Lipinski definition) is 4. The van der Waals surface area contributed by atoms with Gasteiger partial charge in [0.2, 0.25) is 27.8 Å². The molecule has 338 valence electrons. The number of aromatic nitrogens is 2. The second kappa shape index (κ2) is 21.8. The van der Waals surface area contributed by atoms with E-state index in [1.165, 1.54) is 36.5 Å². The molecule has 0 spiro atoms. The Morgan fingerprint density at radius 3 is 2.20 bits per heavy atom. The number of fused-ring (bicyclic) bond motifs is 1. The molecular weight excluding hydrogens is 882 g/mol. The number of piperidine rings is 1. The lowest BCUT2D eigenvalue weighted by atomic mass is 10.0. The molecule has 7 rings (SSSR count). The van der Waals surface area contributed by atoms with Crippen LogP contribution >= 0.6 is 11.6 Å². The summed E-state index contributed by atoms with van der Waals surface area (Å²) in [6.07, 6.45) is 1.53. The van der Waals surface area contributed by atoms with E-state index in [-0.39, 0.29) is 87.3 Å². The van der Waals surface area contributed by atoms with Crippen molar-refractivity contribution in [2.24, 2.45) is 0 Å². The third-order valence-corrected chi connectivity index (χ3v) is 11.8. The number of carbonyl (C=O) groups is 5. The second-order valence-corrected chi connectivity index (χ2v) is 16.7. The summed E-state index contributed by atoms with van der Waals surface area (Å²) in [7, 11) is -3.81. The minimum absolute atomic E-state index is 0.00637. The predicted molar refractivity (Wildman–Crippen MR) is 237 cm³/mol. The van der Waals surface area contributed by atoms with Crippen LogP contribution < -0.4 is 25.4 Å². The fraction of sp³-hybridized carbons (Fsp3) is 0.267. The molecule has 18 nitrogen and oxygen atoms in total. The lowest BCUT2D eigenvalue weighted by Gasteiger charge is -2.27. The minimum Gasteiger partial charge on any atom is -0.483 e. The quantitative estimate of drug-likeness (QED) is 0.0565. The van der Waals surface area contributed by atoms with E-state index in [9.17, 15) is 32.4 Å². The molecule has 0 bridgehead atoms. The van der Waals surface area contributed by atoms with Crippen molar-refractivity contribution in [2.45, 2.75) is 23.8 Å². The van der Waals surface area contributed by atoms with Crippen LogP contribution in [0.2, 0.25) is 5.02 Å². The number of sulfonamides is 1. The van der Waals surface area contributed by atoms with Crippen molar-refractivity contribution in [1.82, 2.24) is 30.2 Å². The van der Waals surface area contributed by atoms with Crippen LogP contribution in [-0.2, 0) is 38.6 Å². The molecule has 0 radical (unpaired) electrons. The van der Waals surface area contributed by atoms with Crippen molar-refractivity contribution >= 4 is 62.8 Å². The number of hydrogen-bond acceptors (Lipinski definition) is 14. The first-order valence-corrected chi connectivity index (χ1v) is 22.4. The molecule has 5 aromatic rings. The number of ether oxygens (including phenoxy) is 4. The summed E-state index contributed by atoms with van der Waals surface area (Å²) >= 11 is 6.49. The summed E-state index contributed by atoms with van der Waals surface area (Å²) in [5.74, 6) is -2.80. The van der Waals surface area contributed by atoms with E-state index in [0.717, 1.165) is 21.6 Å². The zero-order valence-electron chi connectivity index (χ0n) is 34.8. The van der Waals surface area contributed by atoms with Crippen LogP contribution in [0.25, 0.3) is 22.4 Å². The normalized spacial score (nSPS) is 14.8. The van der Waals surface area contributed by atoms with Crippen LogP contribution in [0.15, 0.2) is 108 Å². The topological polar surface area (TPSA) is 234 Å². The summed E-state index contributed by atoms with van der Waals surface area (Å²) in [5.41, 5.74) is 4.02. The van der Waals surface area contributed by atoms with Crippen LogP contribution in [0.3, 0.4) is 0 Å². The van der Waals surface area contributed by atoms with Crippen molar-refractivity contribution in [3.63, 3.8) is 0 Å². The molecule has 0 aliphatic carbocycles. The number of imide groups is 2. The first-order valence-electron chi connectivity index (χ1n) is 20.5.